The van der Waals surface area contributed by atoms with E-state index in [0.29, 0.717) is 6.04 Å². The number of aryl methyl sites for hydroxylation is 1. The Hall–Kier alpha value is -0.830. The van der Waals surface area contributed by atoms with Crippen LogP contribution in [-0.4, -0.2) is 16.3 Å². The number of hydrogen-bond donors (Lipinski definition) is 1. The lowest BCUT2D eigenvalue weighted by Gasteiger charge is -2.13. The van der Waals surface area contributed by atoms with Crippen molar-refractivity contribution >= 4 is 0 Å². The van der Waals surface area contributed by atoms with E-state index in [1.54, 1.807) is 0 Å². The lowest BCUT2D eigenvalue weighted by atomic mass is 10.2. The van der Waals surface area contributed by atoms with E-state index in [9.17, 15) is 0 Å². The molecule has 0 aliphatic heterocycles. The normalized spacial score (nSPS) is 13.1. The van der Waals surface area contributed by atoms with Crippen molar-refractivity contribution in [1.29, 1.82) is 0 Å². The van der Waals surface area contributed by atoms with Gasteiger partial charge in [-0.25, -0.2) is 0 Å². The summed E-state index contributed by atoms with van der Waals surface area (Å²) in [6.07, 6.45) is 5.70. The van der Waals surface area contributed by atoms with Gasteiger partial charge >= 0.3 is 0 Å². The number of nitrogens with one attached hydrogen (secondary N) is 1. The zero-order valence-corrected chi connectivity index (χ0v) is 9.45. The first-order valence-electron chi connectivity index (χ1n) is 5.47. The average Bonchev–Trinajstić information content (AvgIpc) is 2.59. The number of unbranched alkanes of at least 4 members (excludes halogenated alkanes) is 2. The first kappa shape index (κ1) is 11.2. The minimum atomic E-state index is 0.402. The highest BCUT2D eigenvalue weighted by atomic mass is 15.3. The van der Waals surface area contributed by atoms with Crippen molar-refractivity contribution in [2.75, 3.05) is 6.54 Å². The van der Waals surface area contributed by atoms with E-state index in [-0.39, 0.29) is 0 Å². The molecule has 0 bridgehead atoms. The monoisotopic (exact) mass is 195 g/mol. The molecule has 0 saturated carbocycles. The van der Waals surface area contributed by atoms with Crippen LogP contribution >= 0.6 is 0 Å². The van der Waals surface area contributed by atoms with Gasteiger partial charge in [-0.15, -0.1) is 0 Å². The topological polar surface area (TPSA) is 29.9 Å². The third-order valence-electron chi connectivity index (χ3n) is 2.53. The number of aromatic nitrogens is 2. The predicted molar refractivity (Wildman–Crippen MR) is 59.2 cm³/mol. The van der Waals surface area contributed by atoms with E-state index in [4.69, 9.17) is 0 Å². The van der Waals surface area contributed by atoms with Gasteiger partial charge in [-0.3, -0.25) is 4.68 Å². The van der Waals surface area contributed by atoms with Crippen LogP contribution in [0.25, 0.3) is 0 Å². The maximum Gasteiger partial charge on any atom is 0.0547 e. The Kier molecular flexibility index (Phi) is 4.66. The van der Waals surface area contributed by atoms with Gasteiger partial charge in [0.2, 0.25) is 0 Å². The fraction of sp³-hybridized carbons (Fsp3) is 0.727. The molecule has 0 aliphatic carbocycles. The maximum atomic E-state index is 4.16. The van der Waals surface area contributed by atoms with Gasteiger partial charge in [-0.1, -0.05) is 19.8 Å². The fourth-order valence-corrected chi connectivity index (χ4v) is 1.61. The fourth-order valence-electron chi connectivity index (χ4n) is 1.61. The lowest BCUT2D eigenvalue weighted by Crippen LogP contribution is -2.21. The standard InChI is InChI=1S/C11H21N3/c1-4-5-6-8-12-10(2)11-7-9-13-14(11)3/h7,9-10,12H,4-6,8H2,1-3H3. The molecule has 3 heteroatoms. The van der Waals surface area contributed by atoms with Gasteiger partial charge in [-0.05, 0) is 26.0 Å². The highest BCUT2D eigenvalue weighted by Crippen LogP contribution is 2.09. The van der Waals surface area contributed by atoms with Gasteiger partial charge in [0.05, 0.1) is 5.69 Å². The maximum absolute atomic E-state index is 4.16. The van der Waals surface area contributed by atoms with Crippen molar-refractivity contribution in [2.45, 2.75) is 39.2 Å². The summed E-state index contributed by atoms with van der Waals surface area (Å²) in [5.74, 6) is 0. The third-order valence-corrected chi connectivity index (χ3v) is 2.53. The molecule has 3 nitrogen and oxygen atoms in total. The van der Waals surface area contributed by atoms with Crippen molar-refractivity contribution in [3.8, 4) is 0 Å². The molecule has 1 N–H and O–H groups in total. The Morgan fingerprint density at radius 3 is 2.86 bits per heavy atom. The van der Waals surface area contributed by atoms with Crippen LogP contribution in [0.1, 0.15) is 44.8 Å². The van der Waals surface area contributed by atoms with Crippen LogP contribution in [0, 0.1) is 0 Å². The lowest BCUT2D eigenvalue weighted by molar-refractivity contribution is 0.512. The van der Waals surface area contributed by atoms with Gasteiger partial charge in [0.1, 0.15) is 0 Å². The summed E-state index contributed by atoms with van der Waals surface area (Å²) in [5, 5.41) is 7.66. The quantitative estimate of drug-likeness (QED) is 0.706. The highest BCUT2D eigenvalue weighted by molar-refractivity contribution is 5.04. The highest BCUT2D eigenvalue weighted by Gasteiger charge is 2.07. The molecule has 0 aliphatic rings. The molecule has 1 unspecified atom stereocenters. The van der Waals surface area contributed by atoms with Gasteiger partial charge in [-0.2, -0.15) is 5.10 Å². The van der Waals surface area contributed by atoms with Crippen molar-refractivity contribution in [3.63, 3.8) is 0 Å². The van der Waals surface area contributed by atoms with Crippen molar-refractivity contribution in [2.24, 2.45) is 7.05 Å². The van der Waals surface area contributed by atoms with Crippen molar-refractivity contribution in [3.05, 3.63) is 18.0 Å². The first-order chi connectivity index (χ1) is 6.75. The number of rotatable bonds is 6. The van der Waals surface area contributed by atoms with Gasteiger partial charge in [0, 0.05) is 19.3 Å². The molecule has 0 saturated heterocycles. The molecule has 1 aromatic heterocycles. The molecular formula is C11H21N3. The number of hydrogen-bond acceptors (Lipinski definition) is 2. The van der Waals surface area contributed by atoms with Crippen LogP contribution in [0.5, 0.6) is 0 Å². The molecule has 0 amide bonds. The Morgan fingerprint density at radius 2 is 2.29 bits per heavy atom. The Labute approximate surface area is 86.5 Å². The van der Waals surface area contributed by atoms with Gasteiger partial charge in [0.25, 0.3) is 0 Å². The van der Waals surface area contributed by atoms with Crippen LogP contribution in [0.4, 0.5) is 0 Å². The summed E-state index contributed by atoms with van der Waals surface area (Å²) in [4.78, 5) is 0. The van der Waals surface area contributed by atoms with E-state index < -0.39 is 0 Å². The average molecular weight is 195 g/mol. The SMILES string of the molecule is CCCCCNC(C)c1ccnn1C. The van der Waals surface area contributed by atoms with Gasteiger partial charge < -0.3 is 5.32 Å². The Morgan fingerprint density at radius 1 is 1.50 bits per heavy atom. The Bertz CT molecular complexity index is 255. The summed E-state index contributed by atoms with van der Waals surface area (Å²) < 4.78 is 1.93. The first-order valence-corrected chi connectivity index (χ1v) is 5.47. The molecule has 1 heterocycles. The molecule has 0 fully saturated rings. The van der Waals surface area contributed by atoms with Gasteiger partial charge in [0.15, 0.2) is 0 Å². The summed E-state index contributed by atoms with van der Waals surface area (Å²) in [6, 6.07) is 2.47. The minimum Gasteiger partial charge on any atom is -0.309 e. The van der Waals surface area contributed by atoms with Crippen LogP contribution in [0.15, 0.2) is 12.3 Å². The largest absolute Gasteiger partial charge is 0.309 e. The van der Waals surface area contributed by atoms with Crippen molar-refractivity contribution < 1.29 is 0 Å². The van der Waals surface area contributed by atoms with Crippen LogP contribution in [0.3, 0.4) is 0 Å². The summed E-state index contributed by atoms with van der Waals surface area (Å²) in [5.41, 5.74) is 1.25. The second kappa shape index (κ2) is 5.81. The van der Waals surface area contributed by atoms with E-state index in [1.807, 2.05) is 17.9 Å². The predicted octanol–water partition coefficient (Wildman–Crippen LogP) is 2.26. The van der Waals surface area contributed by atoms with Crippen LogP contribution < -0.4 is 5.32 Å². The molecule has 1 atom stereocenters. The van der Waals surface area contributed by atoms with E-state index >= 15 is 0 Å². The minimum absolute atomic E-state index is 0.402. The van der Waals surface area contributed by atoms with E-state index in [2.05, 4.69) is 30.3 Å². The summed E-state index contributed by atoms with van der Waals surface area (Å²) in [7, 11) is 1.99. The molecule has 14 heavy (non-hydrogen) atoms. The van der Waals surface area contributed by atoms with Crippen LogP contribution in [-0.2, 0) is 7.05 Å². The molecule has 1 aromatic rings. The van der Waals surface area contributed by atoms with E-state index in [1.165, 1.54) is 25.0 Å². The molecular weight excluding hydrogens is 174 g/mol. The second-order valence-corrected chi connectivity index (χ2v) is 3.76. The second-order valence-electron chi connectivity index (χ2n) is 3.76. The smallest absolute Gasteiger partial charge is 0.0547 e. The molecule has 1 rings (SSSR count). The molecule has 0 radical (unpaired) electrons. The number of nitrogens with zero attached hydrogens (tertiary/aromatic N) is 2. The van der Waals surface area contributed by atoms with Crippen molar-refractivity contribution in [1.82, 2.24) is 15.1 Å². The third kappa shape index (κ3) is 3.14. The van der Waals surface area contributed by atoms with E-state index in [0.717, 1.165) is 6.54 Å². The summed E-state index contributed by atoms with van der Waals surface area (Å²) in [6.45, 7) is 5.51. The summed E-state index contributed by atoms with van der Waals surface area (Å²) >= 11 is 0. The molecule has 80 valence electrons. The molecule has 0 spiro atoms. The van der Waals surface area contributed by atoms with Crippen LogP contribution in [0.2, 0.25) is 0 Å². The zero-order chi connectivity index (χ0) is 10.4. The Balaban J connectivity index is 2.28. The molecule has 0 aromatic carbocycles. The zero-order valence-electron chi connectivity index (χ0n) is 9.45.